The molecule has 0 atom stereocenters. The van der Waals surface area contributed by atoms with E-state index in [1.54, 1.807) is 0 Å². The van der Waals surface area contributed by atoms with Crippen LogP contribution in [0.2, 0.25) is 0 Å². The van der Waals surface area contributed by atoms with Gasteiger partial charge in [0.25, 0.3) is 0 Å². The summed E-state index contributed by atoms with van der Waals surface area (Å²) in [6, 6.07) is 2.12. The number of nitrogens with zero attached hydrogens (tertiary/aromatic N) is 5. The normalized spacial score (nSPS) is 16.3. The fraction of sp³-hybridized carbons (Fsp3) is 0.474. The molecule has 0 amide bonds. The Morgan fingerprint density at radius 3 is 2.65 bits per heavy atom. The maximum absolute atomic E-state index is 5.31. The molecule has 0 spiro atoms. The quantitative estimate of drug-likeness (QED) is 0.776. The van der Waals surface area contributed by atoms with Crippen LogP contribution in [0.5, 0.6) is 0 Å². The smallest absolute Gasteiger partial charge is 0.143 e. The van der Waals surface area contributed by atoms with E-state index in [1.165, 1.54) is 0 Å². The molecular formula is C19H24N6O. The van der Waals surface area contributed by atoms with Crippen LogP contribution in [0.15, 0.2) is 23.0 Å². The van der Waals surface area contributed by atoms with Gasteiger partial charge < -0.3 is 9.51 Å². The molecule has 136 valence electrons. The monoisotopic (exact) mass is 352 g/mol. The molecule has 0 bridgehead atoms. The van der Waals surface area contributed by atoms with Crippen LogP contribution in [0.3, 0.4) is 0 Å². The Labute approximate surface area is 152 Å². The van der Waals surface area contributed by atoms with Gasteiger partial charge in [0.15, 0.2) is 0 Å². The molecule has 1 aliphatic heterocycles. The van der Waals surface area contributed by atoms with Crippen LogP contribution in [0.4, 0.5) is 0 Å². The number of imidazole rings is 1. The van der Waals surface area contributed by atoms with E-state index in [2.05, 4.69) is 31.1 Å². The highest BCUT2D eigenvalue weighted by atomic mass is 16.5. The molecule has 1 saturated heterocycles. The van der Waals surface area contributed by atoms with Crippen LogP contribution in [0.25, 0.3) is 11.3 Å². The summed E-state index contributed by atoms with van der Waals surface area (Å²) in [5.74, 6) is 3.10. The highest BCUT2D eigenvalue weighted by molar-refractivity contribution is 5.64. The third kappa shape index (κ3) is 3.39. The van der Waals surface area contributed by atoms with Crippen molar-refractivity contribution in [3.63, 3.8) is 0 Å². The summed E-state index contributed by atoms with van der Waals surface area (Å²) in [7, 11) is 0. The lowest BCUT2D eigenvalue weighted by Gasteiger charge is -2.31. The summed E-state index contributed by atoms with van der Waals surface area (Å²) in [4.78, 5) is 19.3. The van der Waals surface area contributed by atoms with E-state index in [-0.39, 0.29) is 0 Å². The minimum Gasteiger partial charge on any atom is -0.361 e. The standard InChI is InChI=1S/C19H24N6O/c1-12-19(13(2)26-24-12)17-10-16(22-14(3)23-17)15-4-8-25(9-5-15)11-18-20-6-7-21-18/h6-7,10,15H,4-5,8-9,11H2,1-3H3,(H,20,21). The molecule has 0 radical (unpaired) electrons. The second kappa shape index (κ2) is 6.99. The van der Waals surface area contributed by atoms with Gasteiger partial charge >= 0.3 is 0 Å². The topological polar surface area (TPSA) is 83.7 Å². The number of rotatable bonds is 4. The van der Waals surface area contributed by atoms with Crippen LogP contribution in [0.1, 0.15) is 47.6 Å². The molecule has 1 N–H and O–H groups in total. The molecule has 7 heteroatoms. The van der Waals surface area contributed by atoms with E-state index in [1.807, 2.05) is 33.2 Å². The molecule has 1 fully saturated rings. The molecule has 0 aromatic carbocycles. The van der Waals surface area contributed by atoms with E-state index in [9.17, 15) is 0 Å². The predicted octanol–water partition coefficient (Wildman–Crippen LogP) is 3.16. The highest BCUT2D eigenvalue weighted by Gasteiger charge is 2.24. The number of aromatic nitrogens is 5. The molecular weight excluding hydrogens is 328 g/mol. The van der Waals surface area contributed by atoms with Crippen LogP contribution in [-0.4, -0.2) is 43.1 Å². The Bertz CT molecular complexity index is 858. The number of aromatic amines is 1. The number of piperidine rings is 1. The first-order valence-electron chi connectivity index (χ1n) is 9.09. The lowest BCUT2D eigenvalue weighted by Crippen LogP contribution is -2.33. The second-order valence-corrected chi connectivity index (χ2v) is 7.01. The third-order valence-electron chi connectivity index (χ3n) is 5.08. The van der Waals surface area contributed by atoms with Crippen LogP contribution >= 0.6 is 0 Å². The Morgan fingerprint density at radius 2 is 2.00 bits per heavy atom. The first-order valence-corrected chi connectivity index (χ1v) is 9.09. The minimum absolute atomic E-state index is 0.462. The first kappa shape index (κ1) is 16.9. The largest absolute Gasteiger partial charge is 0.361 e. The van der Waals surface area contributed by atoms with Crippen LogP contribution in [-0.2, 0) is 6.54 Å². The molecule has 0 saturated carbocycles. The van der Waals surface area contributed by atoms with Crippen molar-refractivity contribution in [2.24, 2.45) is 0 Å². The fourth-order valence-electron chi connectivity index (χ4n) is 3.76. The summed E-state index contributed by atoms with van der Waals surface area (Å²) < 4.78 is 5.31. The van der Waals surface area contributed by atoms with Crippen molar-refractivity contribution in [3.05, 3.63) is 47.3 Å². The second-order valence-electron chi connectivity index (χ2n) is 7.01. The van der Waals surface area contributed by atoms with E-state index in [0.717, 1.165) is 72.5 Å². The fourth-order valence-corrected chi connectivity index (χ4v) is 3.76. The van der Waals surface area contributed by atoms with Gasteiger partial charge in [-0.1, -0.05) is 5.16 Å². The van der Waals surface area contributed by atoms with Gasteiger partial charge in [0.05, 0.1) is 23.5 Å². The SMILES string of the molecule is Cc1nc(-c2c(C)noc2C)cc(C2CCN(Cc3ncc[nH]3)CC2)n1. The van der Waals surface area contributed by atoms with E-state index < -0.39 is 0 Å². The first-order chi connectivity index (χ1) is 12.6. The Hall–Kier alpha value is -2.54. The molecule has 0 unspecified atom stereocenters. The van der Waals surface area contributed by atoms with E-state index in [0.29, 0.717) is 5.92 Å². The summed E-state index contributed by atoms with van der Waals surface area (Å²) in [5, 5.41) is 4.06. The van der Waals surface area contributed by atoms with Gasteiger partial charge in [-0.2, -0.15) is 0 Å². The number of hydrogen-bond acceptors (Lipinski definition) is 6. The molecule has 7 nitrogen and oxygen atoms in total. The van der Waals surface area contributed by atoms with Gasteiger partial charge in [0.1, 0.15) is 17.4 Å². The summed E-state index contributed by atoms with van der Waals surface area (Å²) in [5.41, 5.74) is 3.92. The van der Waals surface area contributed by atoms with E-state index >= 15 is 0 Å². The molecule has 4 rings (SSSR count). The average molecular weight is 352 g/mol. The Morgan fingerprint density at radius 1 is 1.19 bits per heavy atom. The van der Waals surface area contributed by atoms with Gasteiger partial charge in [0.2, 0.25) is 0 Å². The summed E-state index contributed by atoms with van der Waals surface area (Å²) in [6.07, 6.45) is 5.88. The van der Waals surface area contributed by atoms with E-state index in [4.69, 9.17) is 9.51 Å². The van der Waals surface area contributed by atoms with Gasteiger partial charge in [-0.25, -0.2) is 15.0 Å². The number of aryl methyl sites for hydroxylation is 3. The highest BCUT2D eigenvalue weighted by Crippen LogP contribution is 2.31. The minimum atomic E-state index is 0.462. The Kier molecular flexibility index (Phi) is 4.55. The maximum Gasteiger partial charge on any atom is 0.143 e. The van der Waals surface area contributed by atoms with Crippen molar-refractivity contribution >= 4 is 0 Å². The van der Waals surface area contributed by atoms with Crippen molar-refractivity contribution in [3.8, 4) is 11.3 Å². The summed E-state index contributed by atoms with van der Waals surface area (Å²) in [6.45, 7) is 8.82. The number of H-pyrrole nitrogens is 1. The molecule has 1 aliphatic rings. The summed E-state index contributed by atoms with van der Waals surface area (Å²) >= 11 is 0. The van der Waals surface area contributed by atoms with Crippen molar-refractivity contribution < 1.29 is 4.52 Å². The van der Waals surface area contributed by atoms with Gasteiger partial charge in [-0.05, 0) is 52.8 Å². The molecule has 4 heterocycles. The van der Waals surface area contributed by atoms with Crippen LogP contribution in [0, 0.1) is 20.8 Å². The zero-order valence-corrected chi connectivity index (χ0v) is 15.5. The van der Waals surface area contributed by atoms with Gasteiger partial charge in [0, 0.05) is 24.0 Å². The number of likely N-dealkylation sites (tertiary alicyclic amines) is 1. The lowest BCUT2D eigenvalue weighted by molar-refractivity contribution is 0.199. The average Bonchev–Trinajstić information content (AvgIpc) is 3.25. The van der Waals surface area contributed by atoms with Crippen molar-refractivity contribution in [2.45, 2.75) is 46.1 Å². The van der Waals surface area contributed by atoms with Crippen molar-refractivity contribution in [1.82, 2.24) is 30.0 Å². The molecule has 3 aromatic heterocycles. The van der Waals surface area contributed by atoms with Crippen molar-refractivity contribution in [1.29, 1.82) is 0 Å². The molecule has 0 aliphatic carbocycles. The predicted molar refractivity (Wildman–Crippen MR) is 97.6 cm³/mol. The van der Waals surface area contributed by atoms with Crippen LogP contribution < -0.4 is 0 Å². The molecule has 26 heavy (non-hydrogen) atoms. The molecule has 3 aromatic rings. The zero-order chi connectivity index (χ0) is 18.1. The lowest BCUT2D eigenvalue weighted by atomic mass is 9.92. The third-order valence-corrected chi connectivity index (χ3v) is 5.08. The zero-order valence-electron chi connectivity index (χ0n) is 15.5. The van der Waals surface area contributed by atoms with Gasteiger partial charge in [-0.15, -0.1) is 0 Å². The maximum atomic E-state index is 5.31. The number of hydrogen-bond donors (Lipinski definition) is 1. The Balaban J connectivity index is 1.50. The van der Waals surface area contributed by atoms with Gasteiger partial charge in [-0.3, -0.25) is 4.90 Å². The van der Waals surface area contributed by atoms with Crippen molar-refractivity contribution in [2.75, 3.05) is 13.1 Å². The number of nitrogens with one attached hydrogen (secondary N) is 1.